The Kier molecular flexibility index (Phi) is 5.37. The molecule has 3 aromatic rings. The monoisotopic (exact) mass is 352 g/mol. The summed E-state index contributed by atoms with van der Waals surface area (Å²) in [4.78, 5) is 22.7. The maximum absolute atomic E-state index is 11.5. The minimum atomic E-state index is -0.364. The van der Waals surface area contributed by atoms with Gasteiger partial charge in [-0.2, -0.15) is 0 Å². The Balaban J connectivity index is 1.50. The molecule has 0 saturated carbocycles. The van der Waals surface area contributed by atoms with E-state index in [2.05, 4.69) is 0 Å². The number of carbonyl (C=O) groups is 1. The van der Waals surface area contributed by atoms with Crippen molar-refractivity contribution in [1.82, 2.24) is 0 Å². The van der Waals surface area contributed by atoms with Crippen LogP contribution < -0.4 is 15.1 Å². The molecule has 0 unspecified atom stereocenters. The molecule has 1 aromatic heterocycles. The number of ether oxygens (including phenoxy) is 2. The second kappa shape index (κ2) is 7.87. The first-order chi connectivity index (χ1) is 12.5. The fraction of sp³-hybridized carbons (Fsp3) is 0.238. The van der Waals surface area contributed by atoms with Crippen molar-refractivity contribution in [1.29, 1.82) is 0 Å². The molecule has 134 valence electrons. The van der Waals surface area contributed by atoms with Gasteiger partial charge in [0.2, 0.25) is 0 Å². The van der Waals surface area contributed by atoms with E-state index in [1.165, 1.54) is 13.0 Å². The van der Waals surface area contributed by atoms with Gasteiger partial charge in [-0.05, 0) is 55.8 Å². The summed E-state index contributed by atoms with van der Waals surface area (Å²) in [6.45, 7) is 4.39. The average molecular weight is 352 g/mol. The van der Waals surface area contributed by atoms with Crippen LogP contribution in [0, 0.1) is 6.92 Å². The smallest absolute Gasteiger partial charge is 0.336 e. The molecule has 0 saturated heterocycles. The summed E-state index contributed by atoms with van der Waals surface area (Å²) in [6, 6.07) is 14.0. The Morgan fingerprint density at radius 3 is 2.31 bits per heavy atom. The zero-order valence-corrected chi connectivity index (χ0v) is 14.8. The molecule has 0 fully saturated rings. The largest absolute Gasteiger partial charge is 0.493 e. The summed E-state index contributed by atoms with van der Waals surface area (Å²) in [5.74, 6) is 1.40. The Hall–Kier alpha value is -3.08. The summed E-state index contributed by atoms with van der Waals surface area (Å²) >= 11 is 0. The SMILES string of the molecule is CC(=O)c1ccc(OCCCOc2ccc3c(C)cc(=O)oc3c2)cc1. The minimum absolute atomic E-state index is 0.0337. The number of Topliss-reactive ketones (excluding diaryl/α,β-unsaturated/α-hetero) is 1. The zero-order chi connectivity index (χ0) is 18.5. The van der Waals surface area contributed by atoms with Crippen molar-refractivity contribution in [2.45, 2.75) is 20.3 Å². The predicted octanol–water partition coefficient (Wildman–Crippen LogP) is 4.15. The van der Waals surface area contributed by atoms with Crippen LogP contribution in [0.5, 0.6) is 11.5 Å². The fourth-order valence-corrected chi connectivity index (χ4v) is 2.62. The molecule has 0 bridgehead atoms. The topological polar surface area (TPSA) is 65.7 Å². The molecule has 1 heterocycles. The molecule has 2 aromatic carbocycles. The maximum Gasteiger partial charge on any atom is 0.336 e. The highest BCUT2D eigenvalue weighted by molar-refractivity contribution is 5.94. The van der Waals surface area contributed by atoms with E-state index < -0.39 is 0 Å². The van der Waals surface area contributed by atoms with E-state index in [1.807, 2.05) is 19.1 Å². The summed E-state index contributed by atoms with van der Waals surface area (Å²) in [7, 11) is 0. The van der Waals surface area contributed by atoms with Gasteiger partial charge in [-0.25, -0.2) is 4.79 Å². The van der Waals surface area contributed by atoms with Crippen molar-refractivity contribution in [2.75, 3.05) is 13.2 Å². The van der Waals surface area contributed by atoms with E-state index in [4.69, 9.17) is 13.9 Å². The number of carbonyl (C=O) groups excluding carboxylic acids is 1. The highest BCUT2D eigenvalue weighted by Crippen LogP contribution is 2.22. The average Bonchev–Trinajstić information content (AvgIpc) is 2.61. The van der Waals surface area contributed by atoms with Crippen LogP contribution >= 0.6 is 0 Å². The van der Waals surface area contributed by atoms with Gasteiger partial charge in [0.15, 0.2) is 5.78 Å². The molecule has 0 aliphatic carbocycles. The third kappa shape index (κ3) is 4.30. The molecule has 0 radical (unpaired) electrons. The van der Waals surface area contributed by atoms with E-state index in [0.717, 1.165) is 16.7 Å². The van der Waals surface area contributed by atoms with Crippen molar-refractivity contribution in [2.24, 2.45) is 0 Å². The van der Waals surface area contributed by atoms with Gasteiger partial charge < -0.3 is 13.9 Å². The third-order valence-electron chi connectivity index (χ3n) is 4.01. The molecule has 0 amide bonds. The first kappa shape index (κ1) is 17.7. The van der Waals surface area contributed by atoms with Gasteiger partial charge in [0.1, 0.15) is 17.1 Å². The lowest BCUT2D eigenvalue weighted by molar-refractivity contribution is 0.101. The molecule has 3 rings (SSSR count). The lowest BCUT2D eigenvalue weighted by Crippen LogP contribution is -2.05. The molecule has 5 heteroatoms. The standard InChI is InChI=1S/C21H20O5/c1-14-12-21(23)26-20-13-18(8-9-19(14)20)25-11-3-10-24-17-6-4-16(5-7-17)15(2)22/h4-9,12-13H,3,10-11H2,1-2H3. The van der Waals surface area contributed by atoms with Gasteiger partial charge in [0.05, 0.1) is 13.2 Å². The summed E-state index contributed by atoms with van der Waals surface area (Å²) in [5, 5.41) is 0.897. The molecule has 0 N–H and O–H groups in total. The van der Waals surface area contributed by atoms with Crippen molar-refractivity contribution in [3.63, 3.8) is 0 Å². The lowest BCUT2D eigenvalue weighted by atomic mass is 10.1. The van der Waals surface area contributed by atoms with E-state index in [0.29, 0.717) is 36.5 Å². The zero-order valence-electron chi connectivity index (χ0n) is 14.8. The Labute approximate surface area is 151 Å². The van der Waals surface area contributed by atoms with Gasteiger partial charge >= 0.3 is 5.63 Å². The Bertz CT molecular complexity index is 970. The molecule has 26 heavy (non-hydrogen) atoms. The minimum Gasteiger partial charge on any atom is -0.493 e. The predicted molar refractivity (Wildman–Crippen MR) is 99.3 cm³/mol. The highest BCUT2D eigenvalue weighted by Gasteiger charge is 2.04. The number of fused-ring (bicyclic) bond motifs is 1. The normalized spacial score (nSPS) is 10.7. The number of hydrogen-bond acceptors (Lipinski definition) is 5. The van der Waals surface area contributed by atoms with Gasteiger partial charge in [0.25, 0.3) is 0 Å². The van der Waals surface area contributed by atoms with Crippen molar-refractivity contribution < 1.29 is 18.7 Å². The number of benzene rings is 2. The van der Waals surface area contributed by atoms with E-state index in [1.54, 1.807) is 30.3 Å². The van der Waals surface area contributed by atoms with E-state index >= 15 is 0 Å². The van der Waals surface area contributed by atoms with Crippen LogP contribution in [0.2, 0.25) is 0 Å². The first-order valence-electron chi connectivity index (χ1n) is 8.44. The van der Waals surface area contributed by atoms with Crippen LogP contribution in [-0.4, -0.2) is 19.0 Å². The van der Waals surface area contributed by atoms with Crippen LogP contribution in [0.25, 0.3) is 11.0 Å². The molecule has 0 aliphatic rings. The summed E-state index contributed by atoms with van der Waals surface area (Å²) in [6.07, 6.45) is 0.699. The van der Waals surface area contributed by atoms with Crippen LogP contribution in [0.1, 0.15) is 29.3 Å². The first-order valence-corrected chi connectivity index (χ1v) is 8.44. The van der Waals surface area contributed by atoms with Gasteiger partial charge in [-0.15, -0.1) is 0 Å². The molecule has 0 aliphatic heterocycles. The fourth-order valence-electron chi connectivity index (χ4n) is 2.62. The highest BCUT2D eigenvalue weighted by atomic mass is 16.5. The van der Waals surface area contributed by atoms with Crippen molar-refractivity contribution >= 4 is 16.8 Å². The second-order valence-corrected chi connectivity index (χ2v) is 6.04. The Morgan fingerprint density at radius 2 is 1.62 bits per heavy atom. The summed E-state index contributed by atoms with van der Waals surface area (Å²) in [5.41, 5.74) is 1.71. The van der Waals surface area contributed by atoms with Gasteiger partial charge in [0, 0.05) is 29.5 Å². The van der Waals surface area contributed by atoms with Crippen LogP contribution in [0.3, 0.4) is 0 Å². The van der Waals surface area contributed by atoms with Crippen molar-refractivity contribution in [3.05, 3.63) is 70.1 Å². The Morgan fingerprint density at radius 1 is 0.962 bits per heavy atom. The van der Waals surface area contributed by atoms with E-state index in [9.17, 15) is 9.59 Å². The quantitative estimate of drug-likeness (QED) is 0.363. The molecule has 5 nitrogen and oxygen atoms in total. The number of ketones is 1. The second-order valence-electron chi connectivity index (χ2n) is 6.04. The van der Waals surface area contributed by atoms with Gasteiger partial charge in [-0.3, -0.25) is 4.79 Å². The number of rotatable bonds is 7. The lowest BCUT2D eigenvalue weighted by Gasteiger charge is -2.09. The third-order valence-corrected chi connectivity index (χ3v) is 4.01. The van der Waals surface area contributed by atoms with Crippen LogP contribution in [0.15, 0.2) is 57.7 Å². The maximum atomic E-state index is 11.5. The van der Waals surface area contributed by atoms with Crippen LogP contribution in [0.4, 0.5) is 0 Å². The van der Waals surface area contributed by atoms with Crippen LogP contribution in [-0.2, 0) is 0 Å². The molecule has 0 atom stereocenters. The van der Waals surface area contributed by atoms with Gasteiger partial charge in [-0.1, -0.05) is 0 Å². The number of hydrogen-bond donors (Lipinski definition) is 0. The molecular formula is C21H20O5. The van der Waals surface area contributed by atoms with E-state index in [-0.39, 0.29) is 11.4 Å². The van der Waals surface area contributed by atoms with Crippen molar-refractivity contribution in [3.8, 4) is 11.5 Å². The molecular weight excluding hydrogens is 332 g/mol. The number of aryl methyl sites for hydroxylation is 1. The molecule has 0 spiro atoms. The summed E-state index contributed by atoms with van der Waals surface area (Å²) < 4.78 is 16.5.